The van der Waals surface area contributed by atoms with Gasteiger partial charge in [0.05, 0.1) is 6.54 Å². The van der Waals surface area contributed by atoms with Crippen LogP contribution in [0, 0.1) is 0 Å². The van der Waals surface area contributed by atoms with Crippen molar-refractivity contribution in [3.8, 4) is 0 Å². The van der Waals surface area contributed by atoms with Crippen molar-refractivity contribution in [3.05, 3.63) is 60.3 Å². The lowest BCUT2D eigenvalue weighted by atomic mass is 10.1. The predicted octanol–water partition coefficient (Wildman–Crippen LogP) is 2.86. The van der Waals surface area contributed by atoms with Gasteiger partial charge in [-0.1, -0.05) is 48.5 Å². The zero-order valence-corrected chi connectivity index (χ0v) is 12.0. The van der Waals surface area contributed by atoms with E-state index in [1.807, 2.05) is 19.1 Å². The fourth-order valence-electron chi connectivity index (χ4n) is 2.04. The molecule has 1 aromatic carbocycles. The quantitative estimate of drug-likeness (QED) is 0.692. The molecule has 4 heteroatoms. The number of rotatable bonds is 8. The van der Waals surface area contributed by atoms with Crippen molar-refractivity contribution in [2.45, 2.75) is 26.3 Å². The molecule has 0 saturated carbocycles. The van der Waals surface area contributed by atoms with Gasteiger partial charge in [-0.05, 0) is 12.0 Å². The SMILES string of the molecule is C=CCN(CCc1ccccc1)Cc1nc(CC)no1. The first-order chi connectivity index (χ1) is 9.81. The molecule has 0 spiro atoms. The first-order valence-electron chi connectivity index (χ1n) is 7.00. The largest absolute Gasteiger partial charge is 0.338 e. The van der Waals surface area contributed by atoms with E-state index < -0.39 is 0 Å². The number of hydrogen-bond acceptors (Lipinski definition) is 4. The molecule has 0 aliphatic heterocycles. The highest BCUT2D eigenvalue weighted by Crippen LogP contribution is 2.06. The summed E-state index contributed by atoms with van der Waals surface area (Å²) in [4.78, 5) is 6.61. The van der Waals surface area contributed by atoms with Crippen LogP contribution in [0.25, 0.3) is 0 Å². The van der Waals surface area contributed by atoms with Gasteiger partial charge >= 0.3 is 0 Å². The average molecular weight is 271 g/mol. The van der Waals surface area contributed by atoms with Gasteiger partial charge in [0, 0.05) is 19.5 Å². The minimum absolute atomic E-state index is 0.672. The maximum atomic E-state index is 5.25. The van der Waals surface area contributed by atoms with Crippen LogP contribution >= 0.6 is 0 Å². The summed E-state index contributed by atoms with van der Waals surface area (Å²) in [6.07, 6.45) is 3.71. The molecule has 4 nitrogen and oxygen atoms in total. The van der Waals surface area contributed by atoms with E-state index in [4.69, 9.17) is 4.52 Å². The molecular weight excluding hydrogens is 250 g/mol. The third-order valence-electron chi connectivity index (χ3n) is 3.13. The Bertz CT molecular complexity index is 522. The Balaban J connectivity index is 1.91. The van der Waals surface area contributed by atoms with Gasteiger partial charge in [-0.15, -0.1) is 6.58 Å². The van der Waals surface area contributed by atoms with Crippen molar-refractivity contribution in [2.75, 3.05) is 13.1 Å². The number of aryl methyl sites for hydroxylation is 1. The highest BCUT2D eigenvalue weighted by molar-refractivity contribution is 5.14. The van der Waals surface area contributed by atoms with Gasteiger partial charge in [0.2, 0.25) is 5.89 Å². The minimum Gasteiger partial charge on any atom is -0.338 e. The zero-order valence-electron chi connectivity index (χ0n) is 12.0. The first-order valence-corrected chi connectivity index (χ1v) is 7.00. The molecule has 0 saturated heterocycles. The number of nitrogens with zero attached hydrogens (tertiary/aromatic N) is 3. The lowest BCUT2D eigenvalue weighted by Crippen LogP contribution is -2.26. The van der Waals surface area contributed by atoms with Gasteiger partial charge in [0.1, 0.15) is 0 Å². The van der Waals surface area contributed by atoms with Gasteiger partial charge in [0.15, 0.2) is 5.82 Å². The van der Waals surface area contributed by atoms with Crippen LogP contribution in [0.1, 0.15) is 24.2 Å². The third kappa shape index (κ3) is 4.31. The number of hydrogen-bond donors (Lipinski definition) is 0. The fourth-order valence-corrected chi connectivity index (χ4v) is 2.04. The third-order valence-corrected chi connectivity index (χ3v) is 3.13. The minimum atomic E-state index is 0.672. The van der Waals surface area contributed by atoms with Crippen LogP contribution in [-0.4, -0.2) is 28.1 Å². The smallest absolute Gasteiger partial charge is 0.240 e. The molecular formula is C16H21N3O. The summed E-state index contributed by atoms with van der Waals surface area (Å²) in [5.41, 5.74) is 1.33. The van der Waals surface area contributed by atoms with E-state index in [2.05, 4.69) is 45.9 Å². The molecule has 0 bridgehead atoms. The highest BCUT2D eigenvalue weighted by Gasteiger charge is 2.10. The molecule has 106 valence electrons. The van der Waals surface area contributed by atoms with Gasteiger partial charge < -0.3 is 4.52 Å². The summed E-state index contributed by atoms with van der Waals surface area (Å²) in [5, 5.41) is 3.93. The van der Waals surface area contributed by atoms with E-state index in [1.165, 1.54) is 5.56 Å². The molecule has 0 aliphatic rings. The number of benzene rings is 1. The van der Waals surface area contributed by atoms with Crippen LogP contribution < -0.4 is 0 Å². The lowest BCUT2D eigenvalue weighted by molar-refractivity contribution is 0.248. The van der Waals surface area contributed by atoms with Crippen LogP contribution in [0.3, 0.4) is 0 Å². The molecule has 0 unspecified atom stereocenters. The molecule has 1 aromatic heterocycles. The normalized spacial score (nSPS) is 10.9. The van der Waals surface area contributed by atoms with Crippen LogP contribution in [0.5, 0.6) is 0 Å². The van der Waals surface area contributed by atoms with Crippen molar-refractivity contribution in [1.29, 1.82) is 0 Å². The Kier molecular flexibility index (Phi) is 5.50. The van der Waals surface area contributed by atoms with Gasteiger partial charge in [-0.3, -0.25) is 4.90 Å². The summed E-state index contributed by atoms with van der Waals surface area (Å²) in [7, 11) is 0. The van der Waals surface area contributed by atoms with E-state index >= 15 is 0 Å². The van der Waals surface area contributed by atoms with E-state index in [0.29, 0.717) is 12.4 Å². The zero-order chi connectivity index (χ0) is 14.2. The average Bonchev–Trinajstić information content (AvgIpc) is 2.94. The Hall–Kier alpha value is -1.94. The molecule has 0 atom stereocenters. The van der Waals surface area contributed by atoms with Crippen LogP contribution in [0.15, 0.2) is 47.5 Å². The van der Waals surface area contributed by atoms with E-state index in [-0.39, 0.29) is 0 Å². The predicted molar refractivity (Wildman–Crippen MR) is 79.3 cm³/mol. The van der Waals surface area contributed by atoms with Crippen molar-refractivity contribution in [3.63, 3.8) is 0 Å². The summed E-state index contributed by atoms with van der Waals surface area (Å²) in [5.74, 6) is 1.44. The molecule has 20 heavy (non-hydrogen) atoms. The highest BCUT2D eigenvalue weighted by atomic mass is 16.5. The first kappa shape index (κ1) is 14.5. The maximum absolute atomic E-state index is 5.25. The molecule has 2 aromatic rings. The fraction of sp³-hybridized carbons (Fsp3) is 0.375. The summed E-state index contributed by atoms with van der Waals surface area (Å²) >= 11 is 0. The Morgan fingerprint density at radius 2 is 2.10 bits per heavy atom. The monoisotopic (exact) mass is 271 g/mol. The maximum Gasteiger partial charge on any atom is 0.240 e. The van der Waals surface area contributed by atoms with Gasteiger partial charge in [0.25, 0.3) is 0 Å². The Morgan fingerprint density at radius 3 is 2.75 bits per heavy atom. The van der Waals surface area contributed by atoms with Crippen LogP contribution in [0.4, 0.5) is 0 Å². The number of aromatic nitrogens is 2. The summed E-state index contributed by atoms with van der Waals surface area (Å²) in [6, 6.07) is 10.5. The summed E-state index contributed by atoms with van der Waals surface area (Å²) in [6.45, 7) is 8.26. The molecule has 0 fully saturated rings. The van der Waals surface area contributed by atoms with E-state index in [0.717, 1.165) is 31.8 Å². The Labute approximate surface area is 120 Å². The Morgan fingerprint density at radius 1 is 1.30 bits per heavy atom. The second kappa shape index (κ2) is 7.60. The van der Waals surface area contributed by atoms with E-state index in [1.54, 1.807) is 0 Å². The molecule has 0 amide bonds. The molecule has 0 radical (unpaired) electrons. The van der Waals surface area contributed by atoms with Crippen molar-refractivity contribution in [2.24, 2.45) is 0 Å². The van der Waals surface area contributed by atoms with Crippen molar-refractivity contribution < 1.29 is 4.52 Å². The lowest BCUT2D eigenvalue weighted by Gasteiger charge is -2.18. The van der Waals surface area contributed by atoms with Crippen molar-refractivity contribution in [1.82, 2.24) is 15.0 Å². The summed E-state index contributed by atoms with van der Waals surface area (Å²) < 4.78 is 5.25. The molecule has 0 N–H and O–H groups in total. The molecule has 2 rings (SSSR count). The topological polar surface area (TPSA) is 42.2 Å². The van der Waals surface area contributed by atoms with E-state index in [9.17, 15) is 0 Å². The van der Waals surface area contributed by atoms with Crippen molar-refractivity contribution >= 4 is 0 Å². The molecule has 1 heterocycles. The van der Waals surface area contributed by atoms with Crippen LogP contribution in [0.2, 0.25) is 0 Å². The van der Waals surface area contributed by atoms with Crippen LogP contribution in [-0.2, 0) is 19.4 Å². The van der Waals surface area contributed by atoms with Gasteiger partial charge in [-0.25, -0.2) is 0 Å². The second-order valence-corrected chi connectivity index (χ2v) is 4.72. The second-order valence-electron chi connectivity index (χ2n) is 4.72. The van der Waals surface area contributed by atoms with Gasteiger partial charge in [-0.2, -0.15) is 4.98 Å². The standard InChI is InChI=1S/C16H21N3O/c1-3-11-19(12-10-14-8-6-5-7-9-14)13-16-17-15(4-2)18-20-16/h3,5-9H,1,4,10-13H2,2H3. The molecule has 0 aliphatic carbocycles.